The summed E-state index contributed by atoms with van der Waals surface area (Å²) in [6, 6.07) is 15.9. The predicted molar refractivity (Wildman–Crippen MR) is 130 cm³/mol. The number of aromatic nitrogens is 2. The zero-order chi connectivity index (χ0) is 23.8. The van der Waals surface area contributed by atoms with Crippen molar-refractivity contribution < 1.29 is 24.5 Å². The van der Waals surface area contributed by atoms with E-state index in [-0.39, 0.29) is 5.91 Å². The Morgan fingerprint density at radius 3 is 2.43 bits per heavy atom. The maximum absolute atomic E-state index is 13.3. The number of carbonyl (C=O) groups excluding carboxylic acids is 1. The van der Waals surface area contributed by atoms with Crippen LogP contribution in [0, 0.1) is 0 Å². The molecule has 3 N–H and O–H groups in total. The van der Waals surface area contributed by atoms with E-state index in [1.54, 1.807) is 0 Å². The number of nitrogens with zero attached hydrogens (tertiary/aromatic N) is 2. The van der Waals surface area contributed by atoms with E-state index in [0.717, 1.165) is 49.2 Å². The molecule has 3 aromatic carbocycles. The van der Waals surface area contributed by atoms with E-state index in [2.05, 4.69) is 16.0 Å². The highest BCUT2D eigenvalue weighted by Crippen LogP contribution is 2.53. The summed E-state index contributed by atoms with van der Waals surface area (Å²) < 4.78 is 16.7. The van der Waals surface area contributed by atoms with Gasteiger partial charge in [0, 0.05) is 35.2 Å². The average molecular weight is 469 g/mol. The molecular weight excluding hydrogens is 446 g/mol. The summed E-state index contributed by atoms with van der Waals surface area (Å²) in [6.45, 7) is 2.35. The van der Waals surface area contributed by atoms with Crippen LogP contribution < -0.4 is 5.32 Å². The Kier molecular flexibility index (Phi) is 3.52. The van der Waals surface area contributed by atoms with Crippen LogP contribution in [0.25, 0.3) is 43.6 Å². The van der Waals surface area contributed by atoms with Gasteiger partial charge in [0.05, 0.1) is 27.6 Å². The lowest BCUT2D eigenvalue weighted by Crippen LogP contribution is -2.62. The van der Waals surface area contributed by atoms with Crippen LogP contribution in [-0.4, -0.2) is 50.7 Å². The first-order valence-electron chi connectivity index (χ1n) is 11.8. The molecule has 0 unspecified atom stereocenters. The highest BCUT2D eigenvalue weighted by Gasteiger charge is 2.56. The van der Waals surface area contributed by atoms with E-state index in [1.807, 2.05) is 54.0 Å². The third kappa shape index (κ3) is 2.04. The Labute approximate surface area is 199 Å². The maximum Gasteiger partial charge on any atom is 0.252 e. The Morgan fingerprint density at radius 2 is 1.69 bits per heavy atom. The van der Waals surface area contributed by atoms with Gasteiger partial charge in [-0.05, 0) is 24.6 Å². The molecule has 8 rings (SSSR count). The molecule has 5 aromatic rings. The molecule has 5 heterocycles. The molecule has 0 saturated carbocycles. The van der Waals surface area contributed by atoms with Gasteiger partial charge >= 0.3 is 0 Å². The second-order valence-corrected chi connectivity index (χ2v) is 9.92. The number of rotatable bonds is 1. The molecular formula is C27H23N3O5. The molecule has 35 heavy (non-hydrogen) atoms. The molecule has 0 spiro atoms. The standard InChI is InChI=1S/C27H23N3O5/c1-27-24(34-2)22(31)23(32)26(35-27)29-15-9-5-3-7-12(15)18-19-14(11-28-25(19)33)17-13-8-4-6-10-16(13)30(27)21(17)20(18)29/h3-10,22-24,26,31-32H,11H2,1-2H3,(H,28,33)/t22-,23+,24+,26-,27-/m0/s1. The highest BCUT2D eigenvalue weighted by molar-refractivity contribution is 6.31. The highest BCUT2D eigenvalue weighted by atomic mass is 16.6. The van der Waals surface area contributed by atoms with Crippen molar-refractivity contribution in [3.8, 4) is 0 Å². The molecule has 0 aliphatic carbocycles. The minimum atomic E-state index is -1.24. The van der Waals surface area contributed by atoms with Gasteiger partial charge in [-0.15, -0.1) is 0 Å². The molecule has 176 valence electrons. The fourth-order valence-corrected chi connectivity index (χ4v) is 6.99. The van der Waals surface area contributed by atoms with Crippen molar-refractivity contribution in [3.63, 3.8) is 0 Å². The minimum Gasteiger partial charge on any atom is -0.387 e. The van der Waals surface area contributed by atoms with Gasteiger partial charge in [0.15, 0.2) is 12.0 Å². The van der Waals surface area contributed by atoms with Crippen LogP contribution in [0.2, 0.25) is 0 Å². The van der Waals surface area contributed by atoms with Crippen LogP contribution in [-0.2, 0) is 21.7 Å². The number of methoxy groups -OCH3 is 1. The maximum atomic E-state index is 13.3. The lowest BCUT2D eigenvalue weighted by molar-refractivity contribution is -0.314. The second-order valence-electron chi connectivity index (χ2n) is 9.92. The molecule has 5 atom stereocenters. The van der Waals surface area contributed by atoms with Crippen molar-refractivity contribution in [1.29, 1.82) is 0 Å². The smallest absolute Gasteiger partial charge is 0.252 e. The summed E-state index contributed by atoms with van der Waals surface area (Å²) in [5, 5.41) is 29.4. The molecule has 1 fully saturated rings. The Balaban J connectivity index is 1.75. The summed E-state index contributed by atoms with van der Waals surface area (Å²) in [7, 11) is 1.53. The fourth-order valence-electron chi connectivity index (χ4n) is 6.99. The molecule has 3 aliphatic heterocycles. The number of para-hydroxylation sites is 2. The van der Waals surface area contributed by atoms with E-state index >= 15 is 0 Å². The summed E-state index contributed by atoms with van der Waals surface area (Å²) in [5.41, 5.74) is 4.01. The van der Waals surface area contributed by atoms with E-state index in [0.29, 0.717) is 12.1 Å². The third-order valence-electron chi connectivity index (χ3n) is 8.31. The minimum absolute atomic E-state index is 0.101. The predicted octanol–water partition coefficient (Wildman–Crippen LogP) is 3.10. The monoisotopic (exact) mass is 469 g/mol. The number of fused-ring (bicyclic) bond motifs is 13. The van der Waals surface area contributed by atoms with Crippen molar-refractivity contribution in [2.45, 2.75) is 43.7 Å². The number of amides is 1. The average Bonchev–Trinajstić information content (AvgIpc) is 3.49. The zero-order valence-electron chi connectivity index (χ0n) is 19.1. The van der Waals surface area contributed by atoms with Gasteiger partial charge in [-0.1, -0.05) is 36.4 Å². The summed E-state index contributed by atoms with van der Waals surface area (Å²) in [4.78, 5) is 13.3. The van der Waals surface area contributed by atoms with E-state index in [1.165, 1.54) is 7.11 Å². The fraction of sp³-hybridized carbons (Fsp3) is 0.296. The Morgan fingerprint density at radius 1 is 1.00 bits per heavy atom. The van der Waals surface area contributed by atoms with Crippen LogP contribution in [0.5, 0.6) is 0 Å². The first kappa shape index (κ1) is 19.8. The molecule has 2 aromatic heterocycles. The van der Waals surface area contributed by atoms with Gasteiger partial charge < -0.3 is 34.1 Å². The normalized spacial score (nSPS) is 29.4. The third-order valence-corrected chi connectivity index (χ3v) is 8.31. The second kappa shape index (κ2) is 6.22. The van der Waals surface area contributed by atoms with Crippen molar-refractivity contribution in [3.05, 3.63) is 59.7 Å². The lowest BCUT2D eigenvalue weighted by Gasteiger charge is -2.48. The van der Waals surface area contributed by atoms with Crippen molar-refractivity contribution in [1.82, 2.24) is 14.5 Å². The van der Waals surface area contributed by atoms with Crippen LogP contribution in [0.3, 0.4) is 0 Å². The van der Waals surface area contributed by atoms with Gasteiger partial charge in [0.1, 0.15) is 18.3 Å². The van der Waals surface area contributed by atoms with E-state index < -0.39 is 30.3 Å². The van der Waals surface area contributed by atoms with Crippen LogP contribution in [0.4, 0.5) is 0 Å². The first-order valence-corrected chi connectivity index (χ1v) is 11.8. The number of nitrogens with one attached hydrogen (secondary N) is 1. The number of aliphatic hydroxyl groups is 2. The number of aliphatic hydroxyl groups excluding tert-OH is 2. The lowest BCUT2D eigenvalue weighted by atomic mass is 9.93. The number of carbonyl (C=O) groups is 1. The van der Waals surface area contributed by atoms with Gasteiger partial charge in [0.25, 0.3) is 5.91 Å². The van der Waals surface area contributed by atoms with Crippen molar-refractivity contribution >= 4 is 49.5 Å². The molecule has 0 radical (unpaired) electrons. The molecule has 8 heteroatoms. The van der Waals surface area contributed by atoms with Crippen LogP contribution in [0.15, 0.2) is 48.5 Å². The quantitative estimate of drug-likeness (QED) is 0.351. The topological polar surface area (TPSA) is 97.9 Å². The Bertz CT molecular complexity index is 1770. The number of ether oxygens (including phenoxy) is 2. The first-order chi connectivity index (χ1) is 17.0. The zero-order valence-corrected chi connectivity index (χ0v) is 19.1. The molecule has 2 bridgehead atoms. The van der Waals surface area contributed by atoms with Gasteiger partial charge in [-0.25, -0.2) is 0 Å². The SMILES string of the molecule is CO[C@@H]1[C@@H](O)[C@@H](O)[C@@H]2O[C@]1(C)n1c3ccccc3c3c4c(c5c6ccccc6n2c5c31)C(=O)NC4. The molecule has 8 nitrogen and oxygen atoms in total. The number of hydrogen-bond acceptors (Lipinski definition) is 5. The van der Waals surface area contributed by atoms with Crippen molar-refractivity contribution in [2.75, 3.05) is 7.11 Å². The number of hydrogen-bond donors (Lipinski definition) is 3. The number of benzene rings is 3. The summed E-state index contributed by atoms with van der Waals surface area (Å²) >= 11 is 0. The molecule has 3 aliphatic rings. The van der Waals surface area contributed by atoms with E-state index in [4.69, 9.17) is 9.47 Å². The Hall–Kier alpha value is -3.43. The summed E-state index contributed by atoms with van der Waals surface area (Å²) in [6.07, 6.45) is -4.14. The molecule has 1 amide bonds. The van der Waals surface area contributed by atoms with Crippen LogP contribution in [0.1, 0.15) is 29.1 Å². The van der Waals surface area contributed by atoms with Crippen LogP contribution >= 0.6 is 0 Å². The van der Waals surface area contributed by atoms with Gasteiger partial charge in [0.2, 0.25) is 0 Å². The molecule has 1 saturated heterocycles. The van der Waals surface area contributed by atoms with Gasteiger partial charge in [-0.2, -0.15) is 0 Å². The van der Waals surface area contributed by atoms with Crippen molar-refractivity contribution in [2.24, 2.45) is 0 Å². The van der Waals surface area contributed by atoms with Gasteiger partial charge in [-0.3, -0.25) is 4.79 Å². The largest absolute Gasteiger partial charge is 0.387 e. The van der Waals surface area contributed by atoms with E-state index in [9.17, 15) is 15.0 Å². The summed E-state index contributed by atoms with van der Waals surface area (Å²) in [5.74, 6) is -0.101.